The normalized spacial score (nSPS) is 22.4. The zero-order chi connectivity index (χ0) is 22.8. The van der Waals surface area contributed by atoms with Gasteiger partial charge in [-0.3, -0.25) is 24.7 Å². The van der Waals surface area contributed by atoms with Crippen LogP contribution in [-0.2, 0) is 29.2 Å². The third-order valence-electron chi connectivity index (χ3n) is 6.41. The van der Waals surface area contributed by atoms with Crippen molar-refractivity contribution in [3.8, 4) is 5.75 Å². The van der Waals surface area contributed by atoms with Crippen LogP contribution in [0.5, 0.6) is 5.75 Å². The van der Waals surface area contributed by atoms with Gasteiger partial charge < -0.3 is 20.3 Å². The molecule has 2 fully saturated rings. The van der Waals surface area contributed by atoms with E-state index in [0.717, 1.165) is 42.1 Å². The van der Waals surface area contributed by atoms with Gasteiger partial charge in [-0.2, -0.15) is 0 Å². The summed E-state index contributed by atoms with van der Waals surface area (Å²) in [6.45, 7) is 3.35. The number of aromatic nitrogens is 1. The number of rotatable bonds is 7. The Morgan fingerprint density at radius 2 is 2.06 bits per heavy atom. The van der Waals surface area contributed by atoms with Gasteiger partial charge in [0.2, 0.25) is 11.8 Å². The molecule has 4 heterocycles. The molecule has 9 heteroatoms. The number of carbonyl (C=O) groups is 3. The molecule has 3 N–H and O–H groups in total. The lowest BCUT2D eigenvalue weighted by molar-refractivity contribution is -0.136. The highest BCUT2D eigenvalue weighted by molar-refractivity contribution is 6.05. The molecule has 1 aromatic heterocycles. The molecule has 33 heavy (non-hydrogen) atoms. The van der Waals surface area contributed by atoms with Crippen LogP contribution in [0.2, 0.25) is 0 Å². The molecule has 0 saturated carbocycles. The number of ether oxygens (including phenoxy) is 1. The lowest BCUT2D eigenvalue weighted by Crippen LogP contribution is -2.52. The summed E-state index contributed by atoms with van der Waals surface area (Å²) in [5, 5.41) is 9.05. The van der Waals surface area contributed by atoms with Crippen LogP contribution < -0.4 is 20.7 Å². The number of carbonyl (C=O) groups excluding carboxylic acids is 3. The minimum atomic E-state index is -0.606. The van der Waals surface area contributed by atoms with Gasteiger partial charge in [0.1, 0.15) is 17.9 Å². The fourth-order valence-corrected chi connectivity index (χ4v) is 4.69. The van der Waals surface area contributed by atoms with Crippen LogP contribution in [0, 0.1) is 0 Å². The Morgan fingerprint density at radius 3 is 2.88 bits per heavy atom. The van der Waals surface area contributed by atoms with Gasteiger partial charge in [-0.25, -0.2) is 0 Å². The first-order chi connectivity index (χ1) is 16.1. The molecule has 3 aliphatic rings. The van der Waals surface area contributed by atoms with Crippen molar-refractivity contribution in [1.29, 1.82) is 0 Å². The molecule has 0 spiro atoms. The fraction of sp³-hybridized carbons (Fsp3) is 0.417. The predicted molar refractivity (Wildman–Crippen MR) is 119 cm³/mol. The first-order valence-electron chi connectivity index (χ1n) is 11.4. The SMILES string of the molecule is O=C1CCC(N2Cc3c(CNCc4cc(OC5CCNC5)ccn4)cccc3C2=O)C(=O)N1. The number of hydrogen-bond donors (Lipinski definition) is 3. The van der Waals surface area contributed by atoms with E-state index < -0.39 is 11.9 Å². The van der Waals surface area contributed by atoms with Gasteiger partial charge in [0, 0.05) is 50.4 Å². The number of hydrogen-bond acceptors (Lipinski definition) is 7. The molecule has 5 rings (SSSR count). The molecule has 0 radical (unpaired) electrons. The van der Waals surface area contributed by atoms with Crippen LogP contribution in [0.4, 0.5) is 0 Å². The smallest absolute Gasteiger partial charge is 0.255 e. The van der Waals surface area contributed by atoms with Gasteiger partial charge in [-0.05, 0) is 42.6 Å². The van der Waals surface area contributed by atoms with Crippen molar-refractivity contribution >= 4 is 17.7 Å². The molecular weight excluding hydrogens is 422 g/mol. The molecular formula is C24H27N5O4. The van der Waals surface area contributed by atoms with E-state index in [1.165, 1.54) is 0 Å². The fourth-order valence-electron chi connectivity index (χ4n) is 4.69. The molecule has 172 valence electrons. The topological polar surface area (TPSA) is 113 Å². The molecule has 2 aromatic rings. The van der Waals surface area contributed by atoms with E-state index in [1.807, 2.05) is 24.3 Å². The minimum absolute atomic E-state index is 0.158. The number of piperidine rings is 1. The standard InChI is InChI=1S/C24H27N5O4/c30-22-5-4-21(23(31)28-22)29-14-20-15(2-1-3-19(20)24(29)32)11-26-12-16-10-17(7-9-27-16)33-18-6-8-25-13-18/h1-3,7,9-10,18,21,25-26H,4-6,8,11-14H2,(H,28,30,31). The second-order valence-corrected chi connectivity index (χ2v) is 8.66. The summed E-state index contributed by atoms with van der Waals surface area (Å²) in [5.74, 6) is -0.0159. The quantitative estimate of drug-likeness (QED) is 0.538. The van der Waals surface area contributed by atoms with Gasteiger partial charge in [-0.15, -0.1) is 0 Å². The Morgan fingerprint density at radius 1 is 1.15 bits per heavy atom. The lowest BCUT2D eigenvalue weighted by atomic mass is 10.0. The first kappa shape index (κ1) is 21.5. The van der Waals surface area contributed by atoms with Crippen molar-refractivity contribution in [1.82, 2.24) is 25.8 Å². The van der Waals surface area contributed by atoms with Crippen molar-refractivity contribution in [3.05, 3.63) is 58.9 Å². The molecule has 0 aliphatic carbocycles. The summed E-state index contributed by atoms with van der Waals surface area (Å²) in [6, 6.07) is 8.88. The molecule has 3 aliphatic heterocycles. The Labute approximate surface area is 191 Å². The molecule has 2 atom stereocenters. The van der Waals surface area contributed by atoms with Gasteiger partial charge in [0.05, 0.1) is 5.69 Å². The Balaban J connectivity index is 1.22. The van der Waals surface area contributed by atoms with Crippen molar-refractivity contribution in [2.24, 2.45) is 0 Å². The Bertz CT molecular complexity index is 1080. The third-order valence-corrected chi connectivity index (χ3v) is 6.41. The van der Waals surface area contributed by atoms with E-state index in [9.17, 15) is 14.4 Å². The third kappa shape index (κ3) is 4.60. The highest BCUT2D eigenvalue weighted by Crippen LogP contribution is 2.29. The van der Waals surface area contributed by atoms with Gasteiger partial charge in [0.15, 0.2) is 0 Å². The Kier molecular flexibility index (Phi) is 6.06. The minimum Gasteiger partial charge on any atom is -0.489 e. The summed E-state index contributed by atoms with van der Waals surface area (Å²) in [5.41, 5.74) is 3.45. The monoisotopic (exact) mass is 449 g/mol. The van der Waals surface area contributed by atoms with Crippen LogP contribution in [0.15, 0.2) is 36.5 Å². The van der Waals surface area contributed by atoms with Crippen LogP contribution in [0.3, 0.4) is 0 Å². The molecule has 1 aromatic carbocycles. The van der Waals surface area contributed by atoms with E-state index in [2.05, 4.69) is 20.9 Å². The van der Waals surface area contributed by atoms with Crippen molar-refractivity contribution in [3.63, 3.8) is 0 Å². The largest absolute Gasteiger partial charge is 0.489 e. The van der Waals surface area contributed by atoms with Gasteiger partial charge in [0.25, 0.3) is 5.91 Å². The second kappa shape index (κ2) is 9.29. The van der Waals surface area contributed by atoms with E-state index in [-0.39, 0.29) is 24.3 Å². The first-order valence-corrected chi connectivity index (χ1v) is 11.4. The van der Waals surface area contributed by atoms with Gasteiger partial charge >= 0.3 is 0 Å². The average molecular weight is 450 g/mol. The highest BCUT2D eigenvalue weighted by Gasteiger charge is 2.39. The summed E-state index contributed by atoms with van der Waals surface area (Å²) >= 11 is 0. The number of pyridine rings is 1. The van der Waals surface area contributed by atoms with E-state index >= 15 is 0 Å². The van der Waals surface area contributed by atoms with Crippen molar-refractivity contribution in [2.45, 2.75) is 51.0 Å². The maximum atomic E-state index is 13.0. The maximum Gasteiger partial charge on any atom is 0.255 e. The van der Waals surface area contributed by atoms with E-state index in [1.54, 1.807) is 17.2 Å². The van der Waals surface area contributed by atoms with Crippen LogP contribution in [0.1, 0.15) is 46.4 Å². The number of nitrogens with zero attached hydrogens (tertiary/aromatic N) is 2. The number of benzene rings is 1. The zero-order valence-corrected chi connectivity index (χ0v) is 18.3. The number of nitrogens with one attached hydrogen (secondary N) is 3. The second-order valence-electron chi connectivity index (χ2n) is 8.66. The summed E-state index contributed by atoms with van der Waals surface area (Å²) in [4.78, 5) is 42.7. The molecule has 9 nitrogen and oxygen atoms in total. The highest BCUT2D eigenvalue weighted by atomic mass is 16.5. The van der Waals surface area contributed by atoms with E-state index in [4.69, 9.17) is 4.74 Å². The zero-order valence-electron chi connectivity index (χ0n) is 18.3. The lowest BCUT2D eigenvalue weighted by Gasteiger charge is -2.29. The summed E-state index contributed by atoms with van der Waals surface area (Å²) in [7, 11) is 0. The van der Waals surface area contributed by atoms with E-state index in [0.29, 0.717) is 31.6 Å². The van der Waals surface area contributed by atoms with Crippen LogP contribution >= 0.6 is 0 Å². The number of fused-ring (bicyclic) bond motifs is 1. The molecule has 2 unspecified atom stereocenters. The Hall–Kier alpha value is -3.30. The molecule has 2 saturated heterocycles. The molecule has 3 amide bonds. The van der Waals surface area contributed by atoms with Gasteiger partial charge in [-0.1, -0.05) is 12.1 Å². The number of amides is 3. The van der Waals surface area contributed by atoms with Crippen molar-refractivity contribution in [2.75, 3.05) is 13.1 Å². The molecule has 0 bridgehead atoms. The average Bonchev–Trinajstić information content (AvgIpc) is 3.43. The maximum absolute atomic E-state index is 13.0. The number of imide groups is 1. The predicted octanol–water partition coefficient (Wildman–Crippen LogP) is 0.873. The van der Waals surface area contributed by atoms with Crippen LogP contribution in [0.25, 0.3) is 0 Å². The van der Waals surface area contributed by atoms with Crippen LogP contribution in [-0.4, -0.2) is 52.8 Å². The summed E-state index contributed by atoms with van der Waals surface area (Å²) in [6.07, 6.45) is 3.57. The summed E-state index contributed by atoms with van der Waals surface area (Å²) < 4.78 is 6.01. The van der Waals surface area contributed by atoms with Crippen molar-refractivity contribution < 1.29 is 19.1 Å².